The van der Waals surface area contributed by atoms with Crippen LogP contribution >= 0.6 is 11.3 Å². The molecule has 2 aromatic carbocycles. The molecule has 1 aliphatic rings. The number of non-ortho nitro benzene ring substituents is 1. The number of benzene rings is 2. The lowest BCUT2D eigenvalue weighted by Crippen LogP contribution is -2.48. The number of nitrogens with zero attached hydrogens (tertiary/aromatic N) is 4. The van der Waals surface area contributed by atoms with Crippen LogP contribution in [-0.2, 0) is 0 Å². The Hall–Kier alpha value is -3.04. The largest absolute Gasteiger partial charge is 0.351 e. The summed E-state index contributed by atoms with van der Waals surface area (Å²) in [6.45, 7) is 9.07. The number of thiazole rings is 1. The number of fused-ring (bicyclic) bond motifs is 1. The van der Waals surface area contributed by atoms with Crippen LogP contribution in [0.4, 0.5) is 10.8 Å². The van der Waals surface area contributed by atoms with Gasteiger partial charge in [-0.2, -0.15) is 0 Å². The normalized spacial score (nSPS) is 14.7. The summed E-state index contributed by atoms with van der Waals surface area (Å²) in [4.78, 5) is 32.1. The minimum absolute atomic E-state index is 0.0797. The Morgan fingerprint density at radius 2 is 1.97 bits per heavy atom. The van der Waals surface area contributed by atoms with Gasteiger partial charge in [0.25, 0.3) is 11.6 Å². The first kappa shape index (κ1) is 21.2. The number of amides is 1. The number of rotatable bonds is 6. The average Bonchev–Trinajstić information content (AvgIpc) is 3.18. The van der Waals surface area contributed by atoms with E-state index < -0.39 is 4.92 Å². The van der Waals surface area contributed by atoms with Crippen molar-refractivity contribution in [2.75, 3.05) is 44.2 Å². The fraction of sp³-hybridized carbons (Fsp3) is 0.364. The molecule has 162 valence electrons. The maximum atomic E-state index is 12.3. The van der Waals surface area contributed by atoms with Crippen LogP contribution in [0.25, 0.3) is 10.2 Å². The molecule has 9 heteroatoms. The zero-order valence-corrected chi connectivity index (χ0v) is 18.4. The van der Waals surface area contributed by atoms with E-state index >= 15 is 0 Å². The summed E-state index contributed by atoms with van der Waals surface area (Å²) < 4.78 is 1.23. The number of hydrogen-bond acceptors (Lipinski definition) is 7. The second-order valence-corrected chi connectivity index (χ2v) is 8.83. The molecule has 1 fully saturated rings. The average molecular weight is 440 g/mol. The standard InChI is InChI=1S/C22H25N5O3S/c1-15-12-16(2)20-19(13-15)31-22(24-20)26-10-8-25(9-11-26)7-6-23-21(28)17-4-3-5-18(14-17)27(29)30/h3-5,12-14H,6-11H2,1-2H3,(H,23,28). The molecule has 1 aromatic heterocycles. The number of piperazine rings is 1. The molecule has 0 spiro atoms. The van der Waals surface area contributed by atoms with Crippen molar-refractivity contribution in [1.29, 1.82) is 0 Å². The van der Waals surface area contributed by atoms with E-state index in [4.69, 9.17) is 4.98 Å². The van der Waals surface area contributed by atoms with Gasteiger partial charge in [0.2, 0.25) is 0 Å². The molecule has 1 N–H and O–H groups in total. The molecule has 0 aliphatic carbocycles. The molecular weight excluding hydrogens is 414 g/mol. The van der Waals surface area contributed by atoms with Crippen molar-refractivity contribution in [3.05, 3.63) is 63.2 Å². The predicted octanol–water partition coefficient (Wildman–Crippen LogP) is 3.37. The van der Waals surface area contributed by atoms with Crippen LogP contribution in [0.5, 0.6) is 0 Å². The number of aromatic nitrogens is 1. The second kappa shape index (κ2) is 8.99. The maximum Gasteiger partial charge on any atom is 0.270 e. The number of nitro groups is 1. The van der Waals surface area contributed by atoms with Gasteiger partial charge in [0.15, 0.2) is 5.13 Å². The summed E-state index contributed by atoms with van der Waals surface area (Å²) in [5.41, 5.74) is 3.80. The van der Waals surface area contributed by atoms with Gasteiger partial charge in [-0.3, -0.25) is 19.8 Å². The Balaban J connectivity index is 1.27. The van der Waals surface area contributed by atoms with Crippen molar-refractivity contribution >= 4 is 38.3 Å². The lowest BCUT2D eigenvalue weighted by atomic mass is 10.1. The fourth-order valence-corrected chi connectivity index (χ4v) is 5.04. The molecule has 31 heavy (non-hydrogen) atoms. The quantitative estimate of drug-likeness (QED) is 0.468. The zero-order valence-electron chi connectivity index (χ0n) is 17.6. The molecule has 1 amide bonds. The van der Waals surface area contributed by atoms with Gasteiger partial charge < -0.3 is 10.2 Å². The lowest BCUT2D eigenvalue weighted by Gasteiger charge is -2.34. The van der Waals surface area contributed by atoms with Crippen molar-refractivity contribution in [3.63, 3.8) is 0 Å². The van der Waals surface area contributed by atoms with Crippen LogP contribution in [0.2, 0.25) is 0 Å². The third kappa shape index (κ3) is 4.83. The van der Waals surface area contributed by atoms with Crippen LogP contribution in [-0.4, -0.2) is 60.0 Å². The third-order valence-electron chi connectivity index (χ3n) is 5.49. The van der Waals surface area contributed by atoms with Crippen molar-refractivity contribution in [2.45, 2.75) is 13.8 Å². The van der Waals surface area contributed by atoms with E-state index in [1.807, 2.05) is 0 Å². The molecule has 2 heterocycles. The summed E-state index contributed by atoms with van der Waals surface area (Å²) in [5, 5.41) is 14.8. The minimum atomic E-state index is -0.496. The summed E-state index contributed by atoms with van der Waals surface area (Å²) in [7, 11) is 0. The van der Waals surface area contributed by atoms with E-state index in [0.717, 1.165) is 43.4 Å². The van der Waals surface area contributed by atoms with Crippen LogP contribution < -0.4 is 10.2 Å². The van der Waals surface area contributed by atoms with Crippen molar-refractivity contribution in [3.8, 4) is 0 Å². The van der Waals surface area contributed by atoms with Crippen LogP contribution in [0.15, 0.2) is 36.4 Å². The highest BCUT2D eigenvalue weighted by atomic mass is 32.1. The molecule has 0 bridgehead atoms. The van der Waals surface area contributed by atoms with Crippen LogP contribution in [0.3, 0.4) is 0 Å². The Labute approximate surface area is 184 Å². The van der Waals surface area contributed by atoms with E-state index in [1.54, 1.807) is 17.4 Å². The molecule has 0 saturated carbocycles. The summed E-state index contributed by atoms with van der Waals surface area (Å²) >= 11 is 1.75. The van der Waals surface area contributed by atoms with E-state index in [-0.39, 0.29) is 11.6 Å². The summed E-state index contributed by atoms with van der Waals surface area (Å²) in [6, 6.07) is 10.2. The molecule has 0 unspecified atom stereocenters. The van der Waals surface area contributed by atoms with E-state index in [2.05, 4.69) is 41.1 Å². The number of carbonyl (C=O) groups excluding carboxylic acids is 1. The molecule has 0 radical (unpaired) electrons. The summed E-state index contributed by atoms with van der Waals surface area (Å²) in [6.07, 6.45) is 0. The van der Waals surface area contributed by atoms with Crippen molar-refractivity contribution in [2.24, 2.45) is 0 Å². The third-order valence-corrected chi connectivity index (χ3v) is 6.56. The Bertz CT molecular complexity index is 1120. The Kier molecular flexibility index (Phi) is 6.15. The number of nitro benzene ring substituents is 1. The van der Waals surface area contributed by atoms with Gasteiger partial charge in [0.05, 0.1) is 15.1 Å². The molecule has 8 nitrogen and oxygen atoms in total. The van der Waals surface area contributed by atoms with Gasteiger partial charge in [0, 0.05) is 57.0 Å². The first-order valence-corrected chi connectivity index (χ1v) is 11.1. The number of hydrogen-bond donors (Lipinski definition) is 1. The minimum Gasteiger partial charge on any atom is -0.351 e. The molecule has 1 aliphatic heterocycles. The van der Waals surface area contributed by atoms with Gasteiger partial charge in [0.1, 0.15) is 0 Å². The molecule has 3 aromatic rings. The SMILES string of the molecule is Cc1cc(C)c2nc(N3CCN(CCNC(=O)c4cccc([N+](=O)[O-])c4)CC3)sc2c1. The first-order chi connectivity index (χ1) is 14.9. The Morgan fingerprint density at radius 1 is 1.19 bits per heavy atom. The molecule has 1 saturated heterocycles. The molecule has 4 rings (SSSR count). The second-order valence-electron chi connectivity index (χ2n) is 7.82. The highest BCUT2D eigenvalue weighted by Crippen LogP contribution is 2.32. The van der Waals surface area contributed by atoms with Gasteiger partial charge in [-0.05, 0) is 37.1 Å². The van der Waals surface area contributed by atoms with Crippen LogP contribution in [0, 0.1) is 24.0 Å². The number of carbonyl (C=O) groups is 1. The van der Waals surface area contributed by atoms with Gasteiger partial charge in [-0.25, -0.2) is 4.98 Å². The highest BCUT2D eigenvalue weighted by molar-refractivity contribution is 7.22. The molecular formula is C22H25N5O3S. The maximum absolute atomic E-state index is 12.3. The van der Waals surface area contributed by atoms with E-state index in [9.17, 15) is 14.9 Å². The van der Waals surface area contributed by atoms with Crippen molar-refractivity contribution in [1.82, 2.24) is 15.2 Å². The fourth-order valence-electron chi connectivity index (χ4n) is 3.85. The van der Waals surface area contributed by atoms with E-state index in [0.29, 0.717) is 12.1 Å². The van der Waals surface area contributed by atoms with Gasteiger partial charge >= 0.3 is 0 Å². The van der Waals surface area contributed by atoms with Crippen molar-refractivity contribution < 1.29 is 9.72 Å². The van der Waals surface area contributed by atoms with E-state index in [1.165, 1.54) is 34.0 Å². The number of aryl methyl sites for hydroxylation is 2. The summed E-state index contributed by atoms with van der Waals surface area (Å²) in [5.74, 6) is -0.289. The first-order valence-electron chi connectivity index (χ1n) is 10.3. The number of nitrogens with one attached hydrogen (secondary N) is 1. The monoisotopic (exact) mass is 439 g/mol. The lowest BCUT2D eigenvalue weighted by molar-refractivity contribution is -0.384. The molecule has 0 atom stereocenters. The number of anilines is 1. The predicted molar refractivity (Wildman–Crippen MR) is 123 cm³/mol. The smallest absolute Gasteiger partial charge is 0.270 e. The zero-order chi connectivity index (χ0) is 22.0. The van der Waals surface area contributed by atoms with Crippen LogP contribution in [0.1, 0.15) is 21.5 Å². The van der Waals surface area contributed by atoms with Gasteiger partial charge in [-0.15, -0.1) is 0 Å². The Morgan fingerprint density at radius 3 is 2.71 bits per heavy atom. The van der Waals surface area contributed by atoms with Gasteiger partial charge in [-0.1, -0.05) is 23.5 Å². The highest BCUT2D eigenvalue weighted by Gasteiger charge is 2.20. The topological polar surface area (TPSA) is 91.6 Å².